The lowest BCUT2D eigenvalue weighted by Gasteiger charge is -2.38. The molecule has 0 saturated heterocycles. The van der Waals surface area contributed by atoms with E-state index in [1.165, 1.54) is 12.0 Å². The summed E-state index contributed by atoms with van der Waals surface area (Å²) in [6.07, 6.45) is 1.62. The van der Waals surface area contributed by atoms with Crippen LogP contribution in [-0.4, -0.2) is 42.0 Å². The number of ether oxygens (including phenoxy) is 2. The molecule has 0 aromatic heterocycles. The third kappa shape index (κ3) is 6.03. The van der Waals surface area contributed by atoms with E-state index in [4.69, 9.17) is 26.8 Å². The quantitative estimate of drug-likeness (QED) is 0.614. The topological polar surface area (TPSA) is 98.9 Å². The van der Waals surface area contributed by atoms with Crippen LogP contribution in [0.4, 0.5) is 0 Å². The number of benzene rings is 1. The molecule has 7 nitrogen and oxygen atoms in total. The Morgan fingerprint density at radius 3 is 2.30 bits per heavy atom. The summed E-state index contributed by atoms with van der Waals surface area (Å²) < 4.78 is 10.5. The fourth-order valence-electron chi connectivity index (χ4n) is 3.87. The predicted octanol–water partition coefficient (Wildman–Crippen LogP) is 4.31. The van der Waals surface area contributed by atoms with Crippen molar-refractivity contribution in [2.45, 2.75) is 59.5 Å². The first kappa shape index (κ1) is 26.6. The maximum Gasteiger partial charge on any atom is 0.336 e. The number of carbonyl (C=O) groups excluding carboxylic acids is 3. The van der Waals surface area contributed by atoms with Crippen LogP contribution in [0.5, 0.6) is 0 Å². The Labute approximate surface area is 200 Å². The molecule has 1 aromatic rings. The molecule has 8 heteroatoms. The summed E-state index contributed by atoms with van der Waals surface area (Å²) in [5.41, 5.74) is 6.19. The fraction of sp³-hybridized carbons (Fsp3) is 0.480. The number of nitrogens with two attached hydrogens (primary N) is 1. The number of rotatable bonds is 6. The molecule has 1 heterocycles. The van der Waals surface area contributed by atoms with Gasteiger partial charge in [0, 0.05) is 28.9 Å². The Balaban J connectivity index is 2.51. The van der Waals surface area contributed by atoms with Crippen molar-refractivity contribution in [1.82, 2.24) is 4.90 Å². The van der Waals surface area contributed by atoms with Crippen molar-refractivity contribution in [1.29, 1.82) is 0 Å². The van der Waals surface area contributed by atoms with Gasteiger partial charge >= 0.3 is 11.9 Å². The highest BCUT2D eigenvalue weighted by molar-refractivity contribution is 6.30. The lowest BCUT2D eigenvalue weighted by molar-refractivity contribution is -0.160. The van der Waals surface area contributed by atoms with Gasteiger partial charge in [0.2, 0.25) is 5.91 Å². The van der Waals surface area contributed by atoms with E-state index in [9.17, 15) is 14.4 Å². The van der Waals surface area contributed by atoms with Crippen molar-refractivity contribution >= 4 is 29.4 Å². The summed E-state index contributed by atoms with van der Waals surface area (Å²) in [4.78, 5) is 40.5. The first-order valence-electron chi connectivity index (χ1n) is 10.7. The highest BCUT2D eigenvalue weighted by atomic mass is 35.5. The molecule has 0 aliphatic carbocycles. The third-order valence-corrected chi connectivity index (χ3v) is 5.77. The number of methoxy groups -OCH3 is 1. The molecule has 0 fully saturated rings. The zero-order valence-electron chi connectivity index (χ0n) is 20.3. The van der Waals surface area contributed by atoms with E-state index in [0.29, 0.717) is 22.0 Å². The SMILES string of the molecule is COC(=O)C1=C(C)N(C(=O)C(C)(CN)CC(=O)OC(C)(C)C)C(C)=CC1c1cccc(Cl)c1. The van der Waals surface area contributed by atoms with Crippen LogP contribution in [0, 0.1) is 5.41 Å². The smallest absolute Gasteiger partial charge is 0.336 e. The fourth-order valence-corrected chi connectivity index (χ4v) is 4.07. The van der Waals surface area contributed by atoms with Crippen LogP contribution in [0.3, 0.4) is 0 Å². The summed E-state index contributed by atoms with van der Waals surface area (Å²) in [5.74, 6) is -1.92. The number of nitrogens with zero attached hydrogens (tertiary/aromatic N) is 1. The van der Waals surface area contributed by atoms with E-state index >= 15 is 0 Å². The molecule has 1 amide bonds. The summed E-state index contributed by atoms with van der Waals surface area (Å²) >= 11 is 6.17. The summed E-state index contributed by atoms with van der Waals surface area (Å²) in [6, 6.07) is 7.18. The largest absolute Gasteiger partial charge is 0.466 e. The molecule has 2 atom stereocenters. The molecule has 2 rings (SSSR count). The van der Waals surface area contributed by atoms with Crippen LogP contribution in [0.15, 0.2) is 47.3 Å². The minimum atomic E-state index is -1.23. The van der Waals surface area contributed by atoms with Gasteiger partial charge in [0.05, 0.1) is 24.5 Å². The first-order valence-corrected chi connectivity index (χ1v) is 11.1. The van der Waals surface area contributed by atoms with Crippen molar-refractivity contribution < 1.29 is 23.9 Å². The van der Waals surface area contributed by atoms with Crippen LogP contribution in [0.1, 0.15) is 59.4 Å². The van der Waals surface area contributed by atoms with Gasteiger partial charge in [-0.05, 0) is 59.2 Å². The van der Waals surface area contributed by atoms with Crippen molar-refractivity contribution in [2.24, 2.45) is 11.1 Å². The van der Waals surface area contributed by atoms with Gasteiger partial charge in [0.15, 0.2) is 0 Å². The van der Waals surface area contributed by atoms with E-state index in [1.54, 1.807) is 59.7 Å². The van der Waals surface area contributed by atoms with Gasteiger partial charge in [-0.25, -0.2) is 4.79 Å². The van der Waals surface area contributed by atoms with Gasteiger partial charge in [-0.1, -0.05) is 29.8 Å². The number of amides is 1. The van der Waals surface area contributed by atoms with E-state index in [0.717, 1.165) is 5.56 Å². The highest BCUT2D eigenvalue weighted by Gasteiger charge is 2.43. The van der Waals surface area contributed by atoms with Crippen molar-refractivity contribution in [3.05, 3.63) is 57.9 Å². The molecule has 1 aliphatic heterocycles. The minimum Gasteiger partial charge on any atom is -0.466 e. The average molecular weight is 477 g/mol. The second-order valence-electron chi connectivity index (χ2n) is 9.50. The zero-order valence-corrected chi connectivity index (χ0v) is 21.1. The van der Waals surface area contributed by atoms with E-state index in [1.807, 2.05) is 12.1 Å². The van der Waals surface area contributed by atoms with Gasteiger partial charge in [-0.15, -0.1) is 0 Å². The molecular formula is C25H33ClN2O5. The summed E-state index contributed by atoms with van der Waals surface area (Å²) in [5, 5.41) is 0.534. The molecule has 2 unspecified atom stereocenters. The van der Waals surface area contributed by atoms with Crippen molar-refractivity contribution in [3.63, 3.8) is 0 Å². The number of hydrogen-bond acceptors (Lipinski definition) is 6. The number of esters is 2. The van der Waals surface area contributed by atoms with Crippen molar-refractivity contribution in [3.8, 4) is 0 Å². The van der Waals surface area contributed by atoms with Crippen LogP contribution in [0.2, 0.25) is 5.02 Å². The van der Waals surface area contributed by atoms with Crippen LogP contribution in [0.25, 0.3) is 0 Å². The minimum absolute atomic E-state index is 0.0760. The van der Waals surface area contributed by atoms with Gasteiger partial charge < -0.3 is 15.2 Å². The Bertz CT molecular complexity index is 1010. The van der Waals surface area contributed by atoms with E-state index in [2.05, 4.69) is 0 Å². The van der Waals surface area contributed by atoms with E-state index < -0.39 is 34.8 Å². The van der Waals surface area contributed by atoms with Gasteiger partial charge in [0.1, 0.15) is 5.60 Å². The third-order valence-electron chi connectivity index (χ3n) is 5.53. The van der Waals surface area contributed by atoms with Crippen LogP contribution < -0.4 is 5.73 Å². The van der Waals surface area contributed by atoms with Crippen LogP contribution in [-0.2, 0) is 23.9 Å². The molecule has 0 saturated carbocycles. The molecular weight excluding hydrogens is 444 g/mol. The van der Waals surface area contributed by atoms with Gasteiger partial charge in [-0.2, -0.15) is 0 Å². The maximum absolute atomic E-state index is 13.7. The number of hydrogen-bond donors (Lipinski definition) is 1. The standard InChI is InChI=1S/C25H33ClN2O5/c1-15-11-19(17-9-8-10-18(26)12-17)21(22(30)32-7)16(2)28(15)23(31)25(6,14-27)13-20(29)33-24(3,4)5/h8-12,19H,13-14,27H2,1-7H3. The Kier molecular flexibility index (Phi) is 8.14. The molecule has 1 aromatic carbocycles. The molecule has 1 aliphatic rings. The van der Waals surface area contributed by atoms with Crippen LogP contribution >= 0.6 is 11.6 Å². The molecule has 33 heavy (non-hydrogen) atoms. The second-order valence-corrected chi connectivity index (χ2v) is 9.94. The number of carbonyl (C=O) groups is 3. The Hall–Kier alpha value is -2.64. The lowest BCUT2D eigenvalue weighted by atomic mass is 9.82. The van der Waals surface area contributed by atoms with Crippen molar-refractivity contribution in [2.75, 3.05) is 13.7 Å². The molecule has 2 N–H and O–H groups in total. The monoisotopic (exact) mass is 476 g/mol. The summed E-state index contributed by atoms with van der Waals surface area (Å²) in [6.45, 7) is 10.3. The first-order chi connectivity index (χ1) is 15.2. The number of allylic oxidation sites excluding steroid dienone is 3. The molecule has 0 spiro atoms. The van der Waals surface area contributed by atoms with Gasteiger partial charge in [-0.3, -0.25) is 14.5 Å². The number of halogens is 1. The Morgan fingerprint density at radius 1 is 1.15 bits per heavy atom. The van der Waals surface area contributed by atoms with Gasteiger partial charge in [0.25, 0.3) is 0 Å². The molecule has 0 radical (unpaired) electrons. The normalized spacial score (nSPS) is 18.4. The highest BCUT2D eigenvalue weighted by Crippen LogP contribution is 2.40. The molecule has 180 valence electrons. The predicted molar refractivity (Wildman–Crippen MR) is 127 cm³/mol. The average Bonchev–Trinajstić information content (AvgIpc) is 2.71. The zero-order chi connectivity index (χ0) is 25.1. The lowest BCUT2D eigenvalue weighted by Crippen LogP contribution is -2.48. The Morgan fingerprint density at radius 2 is 1.79 bits per heavy atom. The maximum atomic E-state index is 13.7. The molecule has 0 bridgehead atoms. The second kappa shape index (κ2) is 10.1. The summed E-state index contributed by atoms with van der Waals surface area (Å²) in [7, 11) is 1.29. The van der Waals surface area contributed by atoms with E-state index in [-0.39, 0.29) is 13.0 Å².